The van der Waals surface area contributed by atoms with Gasteiger partial charge in [-0.05, 0) is 43.0 Å². The lowest BCUT2D eigenvalue weighted by Crippen LogP contribution is -2.28. The maximum atomic E-state index is 12.8. The summed E-state index contributed by atoms with van der Waals surface area (Å²) in [4.78, 5) is 3.55. The van der Waals surface area contributed by atoms with Crippen molar-refractivity contribution in [1.29, 1.82) is 0 Å². The molecule has 1 N–H and O–H groups in total. The van der Waals surface area contributed by atoms with Crippen molar-refractivity contribution in [3.05, 3.63) is 29.8 Å². The topological polar surface area (TPSA) is 24.9 Å². The Kier molecular flexibility index (Phi) is 2.54. The van der Waals surface area contributed by atoms with Gasteiger partial charge in [0.15, 0.2) is 0 Å². The lowest BCUT2D eigenvalue weighted by molar-refractivity contribution is 0.458. The first kappa shape index (κ1) is 8.63. The summed E-state index contributed by atoms with van der Waals surface area (Å²) in [7, 11) is 0. The number of nitrogens with one attached hydrogen (secondary N) is 1. The molecule has 0 spiro atoms. The van der Waals surface area contributed by atoms with Gasteiger partial charge in [0.25, 0.3) is 0 Å². The van der Waals surface area contributed by atoms with Gasteiger partial charge in [-0.15, -0.1) is 0 Å². The number of halogens is 1. The number of hydrogen-bond acceptors (Lipinski definition) is 2. The predicted molar refractivity (Wildman–Crippen MR) is 49.0 cm³/mol. The molecule has 0 aromatic carbocycles. The minimum atomic E-state index is -0.372. The zero-order valence-corrected chi connectivity index (χ0v) is 7.46. The third-order valence-corrected chi connectivity index (χ3v) is 2.52. The van der Waals surface area contributed by atoms with E-state index in [9.17, 15) is 4.39 Å². The second kappa shape index (κ2) is 3.83. The van der Waals surface area contributed by atoms with Crippen LogP contribution in [0.4, 0.5) is 4.39 Å². The molecule has 1 aliphatic heterocycles. The van der Waals surface area contributed by atoms with E-state index < -0.39 is 0 Å². The van der Waals surface area contributed by atoms with Crippen LogP contribution >= 0.6 is 0 Å². The summed E-state index contributed by atoms with van der Waals surface area (Å²) in [5.41, 5.74) is 1.07. The fourth-order valence-corrected chi connectivity index (χ4v) is 1.81. The first-order valence-corrected chi connectivity index (χ1v) is 4.68. The van der Waals surface area contributed by atoms with E-state index in [1.54, 1.807) is 6.20 Å². The monoisotopic (exact) mass is 180 g/mol. The van der Waals surface area contributed by atoms with Crippen LogP contribution in [0, 0.1) is 5.95 Å². The predicted octanol–water partition coefficient (Wildman–Crippen LogP) is 1.69. The van der Waals surface area contributed by atoms with Crippen molar-refractivity contribution in [2.45, 2.75) is 18.8 Å². The number of nitrogens with zero attached hydrogens (tertiary/aromatic N) is 1. The summed E-state index contributed by atoms with van der Waals surface area (Å²) in [6.07, 6.45) is 3.87. The van der Waals surface area contributed by atoms with E-state index in [4.69, 9.17) is 0 Å². The third kappa shape index (κ3) is 2.04. The highest BCUT2D eigenvalue weighted by Crippen LogP contribution is 2.22. The molecule has 1 aromatic heterocycles. The molecular weight excluding hydrogens is 167 g/mol. The van der Waals surface area contributed by atoms with Gasteiger partial charge in [-0.1, -0.05) is 0 Å². The summed E-state index contributed by atoms with van der Waals surface area (Å²) >= 11 is 0. The van der Waals surface area contributed by atoms with Crippen molar-refractivity contribution in [1.82, 2.24) is 10.3 Å². The maximum Gasteiger partial charge on any atom is 0.213 e. The van der Waals surface area contributed by atoms with E-state index in [1.807, 2.05) is 6.07 Å². The Bertz CT molecular complexity index is 282. The Hall–Kier alpha value is -0.960. The Morgan fingerprint density at radius 3 is 3.15 bits per heavy atom. The zero-order chi connectivity index (χ0) is 9.10. The van der Waals surface area contributed by atoms with Gasteiger partial charge < -0.3 is 5.32 Å². The van der Waals surface area contributed by atoms with E-state index in [0.717, 1.165) is 25.1 Å². The molecule has 1 aliphatic rings. The number of piperidine rings is 1. The van der Waals surface area contributed by atoms with E-state index in [1.165, 1.54) is 12.5 Å². The molecule has 0 aliphatic carbocycles. The van der Waals surface area contributed by atoms with Gasteiger partial charge in [0, 0.05) is 12.7 Å². The summed E-state index contributed by atoms with van der Waals surface area (Å²) in [6.45, 7) is 2.05. The summed E-state index contributed by atoms with van der Waals surface area (Å²) in [5, 5.41) is 3.31. The number of rotatable bonds is 1. The molecule has 1 atom stereocenters. The second-order valence-corrected chi connectivity index (χ2v) is 3.46. The normalized spacial score (nSPS) is 23.0. The van der Waals surface area contributed by atoms with Crippen LogP contribution in [-0.2, 0) is 0 Å². The summed E-state index contributed by atoms with van der Waals surface area (Å²) < 4.78 is 12.8. The quantitative estimate of drug-likeness (QED) is 0.665. The Labute approximate surface area is 77.2 Å². The highest BCUT2D eigenvalue weighted by atomic mass is 19.1. The molecule has 1 fully saturated rings. The molecule has 0 radical (unpaired) electrons. The lowest BCUT2D eigenvalue weighted by atomic mass is 9.92. The molecule has 1 aromatic rings. The molecule has 0 bridgehead atoms. The summed E-state index contributed by atoms with van der Waals surface area (Å²) in [6, 6.07) is 3.44. The van der Waals surface area contributed by atoms with Gasteiger partial charge in [-0.2, -0.15) is 4.39 Å². The van der Waals surface area contributed by atoms with Gasteiger partial charge in [-0.3, -0.25) is 0 Å². The Morgan fingerprint density at radius 2 is 2.46 bits per heavy atom. The van der Waals surface area contributed by atoms with Gasteiger partial charge in [0.05, 0.1) is 0 Å². The number of hydrogen-bond donors (Lipinski definition) is 1. The lowest BCUT2D eigenvalue weighted by Gasteiger charge is -2.22. The molecule has 0 saturated carbocycles. The maximum absolute atomic E-state index is 12.8. The minimum absolute atomic E-state index is 0.372. The third-order valence-electron chi connectivity index (χ3n) is 2.52. The molecule has 13 heavy (non-hydrogen) atoms. The van der Waals surface area contributed by atoms with Crippen LogP contribution in [-0.4, -0.2) is 18.1 Å². The molecule has 1 unspecified atom stereocenters. The van der Waals surface area contributed by atoms with Crippen molar-refractivity contribution in [3.8, 4) is 0 Å². The number of pyridine rings is 1. The smallest absolute Gasteiger partial charge is 0.213 e. The van der Waals surface area contributed by atoms with Crippen LogP contribution in [0.2, 0.25) is 0 Å². The Balaban J connectivity index is 2.14. The van der Waals surface area contributed by atoms with E-state index in [2.05, 4.69) is 10.3 Å². The number of aromatic nitrogens is 1. The fraction of sp³-hybridized carbons (Fsp3) is 0.500. The van der Waals surface area contributed by atoms with Crippen molar-refractivity contribution in [2.75, 3.05) is 13.1 Å². The van der Waals surface area contributed by atoms with Crippen LogP contribution in [0.1, 0.15) is 24.3 Å². The first-order valence-electron chi connectivity index (χ1n) is 4.68. The summed E-state index contributed by atoms with van der Waals surface area (Å²) in [5.74, 6) is 0.0920. The average Bonchev–Trinajstić information content (AvgIpc) is 2.19. The van der Waals surface area contributed by atoms with Crippen molar-refractivity contribution in [3.63, 3.8) is 0 Å². The second-order valence-electron chi connectivity index (χ2n) is 3.46. The molecule has 2 rings (SSSR count). The van der Waals surface area contributed by atoms with E-state index >= 15 is 0 Å². The van der Waals surface area contributed by atoms with E-state index in [0.29, 0.717) is 5.92 Å². The fourth-order valence-electron chi connectivity index (χ4n) is 1.81. The SMILES string of the molecule is Fc1cc(C2CCCNC2)ccn1. The van der Waals surface area contributed by atoms with Gasteiger partial charge >= 0.3 is 0 Å². The highest BCUT2D eigenvalue weighted by molar-refractivity contribution is 5.17. The van der Waals surface area contributed by atoms with Gasteiger partial charge in [0.1, 0.15) is 0 Å². The van der Waals surface area contributed by atoms with E-state index in [-0.39, 0.29) is 5.95 Å². The molecule has 70 valence electrons. The van der Waals surface area contributed by atoms with Gasteiger partial charge in [0.2, 0.25) is 5.95 Å². The largest absolute Gasteiger partial charge is 0.316 e. The molecule has 2 nitrogen and oxygen atoms in total. The molecule has 2 heterocycles. The van der Waals surface area contributed by atoms with Crippen molar-refractivity contribution < 1.29 is 4.39 Å². The molecule has 3 heteroatoms. The standard InChI is InChI=1S/C10H13FN2/c11-10-6-8(3-5-13-10)9-2-1-4-12-7-9/h3,5-6,9,12H,1-2,4,7H2. The molecule has 0 amide bonds. The van der Waals surface area contributed by atoms with Gasteiger partial charge in [-0.25, -0.2) is 4.98 Å². The van der Waals surface area contributed by atoms with Crippen LogP contribution in [0.3, 0.4) is 0 Å². The Morgan fingerprint density at radius 1 is 1.54 bits per heavy atom. The van der Waals surface area contributed by atoms with Crippen molar-refractivity contribution in [2.24, 2.45) is 0 Å². The van der Waals surface area contributed by atoms with Crippen LogP contribution < -0.4 is 5.32 Å². The minimum Gasteiger partial charge on any atom is -0.316 e. The first-order chi connectivity index (χ1) is 6.36. The van der Waals surface area contributed by atoms with Crippen LogP contribution in [0.15, 0.2) is 18.3 Å². The van der Waals surface area contributed by atoms with Crippen molar-refractivity contribution >= 4 is 0 Å². The van der Waals surface area contributed by atoms with Crippen LogP contribution in [0.25, 0.3) is 0 Å². The molecule has 1 saturated heterocycles. The zero-order valence-electron chi connectivity index (χ0n) is 7.46. The molecular formula is C10H13FN2. The highest BCUT2D eigenvalue weighted by Gasteiger charge is 2.15. The van der Waals surface area contributed by atoms with Crippen LogP contribution in [0.5, 0.6) is 0 Å². The average molecular weight is 180 g/mol.